The van der Waals surface area contributed by atoms with Gasteiger partial charge in [-0.2, -0.15) is 13.2 Å². The second-order valence-corrected chi connectivity index (χ2v) is 4.89. The summed E-state index contributed by atoms with van der Waals surface area (Å²) < 4.78 is 50.6. The molecule has 1 aromatic rings. The number of anilines is 1. The molecule has 20 heavy (non-hydrogen) atoms. The van der Waals surface area contributed by atoms with Crippen molar-refractivity contribution in [2.24, 2.45) is 0 Å². The molecule has 0 radical (unpaired) electrons. The normalized spacial score (nSPS) is 11.7. The average molecular weight is 291 g/mol. The molecule has 0 aliphatic rings. The monoisotopic (exact) mass is 291 g/mol. The summed E-state index contributed by atoms with van der Waals surface area (Å²) >= 11 is 0. The van der Waals surface area contributed by atoms with E-state index in [2.05, 4.69) is 12.2 Å². The van der Waals surface area contributed by atoms with Crippen LogP contribution in [-0.4, -0.2) is 6.54 Å². The molecule has 0 fully saturated rings. The Labute approximate surface area is 117 Å². The summed E-state index contributed by atoms with van der Waals surface area (Å²) in [6, 6.07) is 3.01. The molecule has 0 saturated carbocycles. The van der Waals surface area contributed by atoms with E-state index in [0.29, 0.717) is 12.2 Å². The van der Waals surface area contributed by atoms with E-state index in [-0.39, 0.29) is 0 Å². The highest BCUT2D eigenvalue weighted by molar-refractivity contribution is 5.47. The summed E-state index contributed by atoms with van der Waals surface area (Å²) in [5, 5.41) is 2.91. The topological polar surface area (TPSA) is 12.0 Å². The minimum Gasteiger partial charge on any atom is -0.385 e. The van der Waals surface area contributed by atoms with E-state index in [1.807, 2.05) is 0 Å². The van der Waals surface area contributed by atoms with E-state index in [1.54, 1.807) is 0 Å². The molecule has 1 rings (SSSR count). The van der Waals surface area contributed by atoms with Gasteiger partial charge in [0, 0.05) is 12.2 Å². The van der Waals surface area contributed by atoms with Gasteiger partial charge in [0.25, 0.3) is 0 Å². The third-order valence-electron chi connectivity index (χ3n) is 3.13. The zero-order chi connectivity index (χ0) is 15.0. The molecule has 0 unspecified atom stereocenters. The maximum atomic E-state index is 13.1. The SMILES string of the molecule is CCCCCCCCNc1ccc(F)c(C(F)(F)F)c1. The first kappa shape index (κ1) is 16.8. The van der Waals surface area contributed by atoms with Crippen molar-refractivity contribution >= 4 is 5.69 Å². The van der Waals surface area contributed by atoms with Gasteiger partial charge in [0.15, 0.2) is 0 Å². The van der Waals surface area contributed by atoms with Gasteiger partial charge < -0.3 is 5.32 Å². The smallest absolute Gasteiger partial charge is 0.385 e. The molecule has 1 N–H and O–H groups in total. The Balaban J connectivity index is 2.38. The van der Waals surface area contributed by atoms with Crippen molar-refractivity contribution in [1.82, 2.24) is 0 Å². The lowest BCUT2D eigenvalue weighted by atomic mass is 10.1. The molecule has 0 aliphatic carbocycles. The van der Waals surface area contributed by atoms with Crippen LogP contribution >= 0.6 is 0 Å². The molecule has 5 heteroatoms. The van der Waals surface area contributed by atoms with Crippen molar-refractivity contribution in [3.8, 4) is 0 Å². The molecule has 1 aromatic carbocycles. The van der Waals surface area contributed by atoms with Gasteiger partial charge in [-0.25, -0.2) is 4.39 Å². The maximum Gasteiger partial charge on any atom is 0.419 e. The van der Waals surface area contributed by atoms with Crippen molar-refractivity contribution in [3.63, 3.8) is 0 Å². The summed E-state index contributed by atoms with van der Waals surface area (Å²) in [4.78, 5) is 0. The summed E-state index contributed by atoms with van der Waals surface area (Å²) in [5.74, 6) is -1.23. The zero-order valence-electron chi connectivity index (χ0n) is 11.7. The first-order valence-electron chi connectivity index (χ1n) is 7.05. The van der Waals surface area contributed by atoms with Gasteiger partial charge >= 0.3 is 6.18 Å². The Bertz CT molecular complexity index is 401. The molecule has 0 amide bonds. The fourth-order valence-corrected chi connectivity index (χ4v) is 1.99. The number of hydrogen-bond acceptors (Lipinski definition) is 1. The summed E-state index contributed by atoms with van der Waals surface area (Å²) in [7, 11) is 0. The number of nitrogens with one attached hydrogen (secondary N) is 1. The number of hydrogen-bond donors (Lipinski definition) is 1. The van der Waals surface area contributed by atoms with Gasteiger partial charge in [-0.15, -0.1) is 0 Å². The molecular formula is C15H21F4N. The van der Waals surface area contributed by atoms with Crippen molar-refractivity contribution < 1.29 is 17.6 Å². The molecule has 114 valence electrons. The molecule has 0 aromatic heterocycles. The van der Waals surface area contributed by atoms with Gasteiger partial charge in [0.05, 0.1) is 5.56 Å². The van der Waals surface area contributed by atoms with E-state index in [1.165, 1.54) is 25.3 Å². The van der Waals surface area contributed by atoms with Gasteiger partial charge in [-0.05, 0) is 24.6 Å². The molecule has 0 aliphatic heterocycles. The highest BCUT2D eigenvalue weighted by atomic mass is 19.4. The van der Waals surface area contributed by atoms with Crippen LogP contribution in [0.4, 0.5) is 23.2 Å². The highest BCUT2D eigenvalue weighted by Crippen LogP contribution is 2.32. The maximum absolute atomic E-state index is 13.1. The largest absolute Gasteiger partial charge is 0.419 e. The minimum atomic E-state index is -4.65. The third kappa shape index (κ3) is 5.80. The predicted molar refractivity (Wildman–Crippen MR) is 73.3 cm³/mol. The second-order valence-electron chi connectivity index (χ2n) is 4.89. The molecule has 0 bridgehead atoms. The van der Waals surface area contributed by atoms with Gasteiger partial charge in [0.1, 0.15) is 5.82 Å². The number of unbranched alkanes of at least 4 members (excludes halogenated alkanes) is 5. The standard InChI is InChI=1S/C15H21F4N/c1-2-3-4-5-6-7-10-20-12-8-9-14(16)13(11-12)15(17,18)19/h8-9,11,20H,2-7,10H2,1H3. The molecule has 0 spiro atoms. The molecule has 0 heterocycles. The summed E-state index contributed by atoms with van der Waals surface area (Å²) in [6.45, 7) is 2.75. The fourth-order valence-electron chi connectivity index (χ4n) is 1.99. The molecule has 0 saturated heterocycles. The van der Waals surface area contributed by atoms with E-state index in [9.17, 15) is 17.6 Å². The molecule has 1 nitrogen and oxygen atoms in total. The first-order valence-corrected chi connectivity index (χ1v) is 7.05. The van der Waals surface area contributed by atoms with Crippen LogP contribution in [0, 0.1) is 5.82 Å². The van der Waals surface area contributed by atoms with Crippen molar-refractivity contribution in [2.45, 2.75) is 51.6 Å². The lowest BCUT2D eigenvalue weighted by Gasteiger charge is -2.11. The van der Waals surface area contributed by atoms with Crippen LogP contribution in [0.3, 0.4) is 0 Å². The van der Waals surface area contributed by atoms with Crippen LogP contribution in [0.1, 0.15) is 51.0 Å². The first-order chi connectivity index (χ1) is 9.45. The average Bonchev–Trinajstić information content (AvgIpc) is 2.38. The predicted octanol–water partition coefficient (Wildman–Crippen LogP) is 5.62. The van der Waals surface area contributed by atoms with Crippen LogP contribution in [0.25, 0.3) is 0 Å². The number of alkyl halides is 3. The molecular weight excluding hydrogens is 270 g/mol. The highest BCUT2D eigenvalue weighted by Gasteiger charge is 2.34. The Morgan fingerprint density at radius 3 is 2.30 bits per heavy atom. The van der Waals surface area contributed by atoms with Crippen molar-refractivity contribution in [1.29, 1.82) is 0 Å². The second kappa shape index (κ2) is 8.12. The lowest BCUT2D eigenvalue weighted by molar-refractivity contribution is -0.139. The van der Waals surface area contributed by atoms with Gasteiger partial charge in [0.2, 0.25) is 0 Å². The van der Waals surface area contributed by atoms with E-state index >= 15 is 0 Å². The fraction of sp³-hybridized carbons (Fsp3) is 0.600. The van der Waals surface area contributed by atoms with Crippen LogP contribution in [0.5, 0.6) is 0 Å². The van der Waals surface area contributed by atoms with E-state index in [4.69, 9.17) is 0 Å². The number of benzene rings is 1. The molecule has 0 atom stereocenters. The Morgan fingerprint density at radius 2 is 1.65 bits per heavy atom. The van der Waals surface area contributed by atoms with Crippen molar-refractivity contribution in [2.75, 3.05) is 11.9 Å². The summed E-state index contributed by atoms with van der Waals surface area (Å²) in [5.41, 5.74) is -0.905. The lowest BCUT2D eigenvalue weighted by Crippen LogP contribution is -2.10. The minimum absolute atomic E-state index is 0.312. The number of rotatable bonds is 8. The van der Waals surface area contributed by atoms with Gasteiger partial charge in [-0.3, -0.25) is 0 Å². The van der Waals surface area contributed by atoms with Crippen LogP contribution in [0.2, 0.25) is 0 Å². The van der Waals surface area contributed by atoms with Gasteiger partial charge in [-0.1, -0.05) is 39.0 Å². The number of halogens is 4. The summed E-state index contributed by atoms with van der Waals surface area (Å²) in [6.07, 6.45) is 2.07. The zero-order valence-corrected chi connectivity index (χ0v) is 11.7. The van der Waals surface area contributed by atoms with E-state index < -0.39 is 17.6 Å². The quantitative estimate of drug-likeness (QED) is 0.484. The third-order valence-corrected chi connectivity index (χ3v) is 3.13. The van der Waals surface area contributed by atoms with Crippen LogP contribution < -0.4 is 5.32 Å². The van der Waals surface area contributed by atoms with Crippen molar-refractivity contribution in [3.05, 3.63) is 29.6 Å². The van der Waals surface area contributed by atoms with E-state index in [0.717, 1.165) is 31.4 Å². The van der Waals surface area contributed by atoms with Crippen LogP contribution in [0.15, 0.2) is 18.2 Å². The Kier molecular flexibility index (Phi) is 6.82. The van der Waals surface area contributed by atoms with Crippen LogP contribution in [-0.2, 0) is 6.18 Å². The Hall–Kier alpha value is -1.26. The Morgan fingerprint density at radius 1 is 1.00 bits per heavy atom.